The molecule has 2 unspecified atom stereocenters. The number of ketones is 1. The lowest BCUT2D eigenvalue weighted by atomic mass is 9.83. The van der Waals surface area contributed by atoms with E-state index in [2.05, 4.69) is 0 Å². The predicted molar refractivity (Wildman–Crippen MR) is 76.4 cm³/mol. The van der Waals surface area contributed by atoms with Crippen LogP contribution in [0.25, 0.3) is 0 Å². The van der Waals surface area contributed by atoms with Crippen LogP contribution in [0, 0.1) is 5.92 Å². The number of benzene rings is 1. The highest BCUT2D eigenvalue weighted by Gasteiger charge is 2.32. The SMILES string of the molecule is CS(=O)(=O)C1CCCC(C(=O)c2ccc(Cl)cc2)C1. The number of rotatable bonds is 3. The quantitative estimate of drug-likeness (QED) is 0.806. The Morgan fingerprint density at radius 2 is 1.84 bits per heavy atom. The molecule has 1 aliphatic rings. The number of carbonyl (C=O) groups is 1. The second-order valence-corrected chi connectivity index (χ2v) is 7.95. The van der Waals surface area contributed by atoms with Crippen molar-refractivity contribution in [2.45, 2.75) is 30.9 Å². The average molecular weight is 301 g/mol. The molecule has 0 aliphatic heterocycles. The third kappa shape index (κ3) is 3.57. The van der Waals surface area contributed by atoms with Crippen LogP contribution in [0.2, 0.25) is 5.02 Å². The molecule has 19 heavy (non-hydrogen) atoms. The molecular formula is C14H17ClO3S. The maximum Gasteiger partial charge on any atom is 0.165 e. The van der Waals surface area contributed by atoms with E-state index < -0.39 is 9.84 Å². The molecule has 1 aliphatic carbocycles. The summed E-state index contributed by atoms with van der Waals surface area (Å²) in [4.78, 5) is 12.3. The molecule has 0 radical (unpaired) electrons. The molecular weight excluding hydrogens is 284 g/mol. The first-order valence-corrected chi connectivity index (χ1v) is 8.70. The fourth-order valence-electron chi connectivity index (χ4n) is 2.62. The highest BCUT2D eigenvalue weighted by molar-refractivity contribution is 7.91. The van der Waals surface area contributed by atoms with Gasteiger partial charge in [-0.15, -0.1) is 0 Å². The van der Waals surface area contributed by atoms with Gasteiger partial charge in [0.25, 0.3) is 0 Å². The Labute approximate surface area is 118 Å². The van der Waals surface area contributed by atoms with Crippen LogP contribution in [0.4, 0.5) is 0 Å². The molecule has 104 valence electrons. The molecule has 1 fully saturated rings. The molecule has 3 nitrogen and oxygen atoms in total. The highest BCUT2D eigenvalue weighted by atomic mass is 35.5. The van der Waals surface area contributed by atoms with Crippen molar-refractivity contribution < 1.29 is 13.2 Å². The first-order valence-electron chi connectivity index (χ1n) is 6.36. The van der Waals surface area contributed by atoms with E-state index in [1.165, 1.54) is 6.26 Å². The average Bonchev–Trinajstić information content (AvgIpc) is 2.38. The second-order valence-electron chi connectivity index (χ2n) is 5.19. The molecule has 0 spiro atoms. The monoisotopic (exact) mass is 300 g/mol. The molecule has 0 amide bonds. The van der Waals surface area contributed by atoms with E-state index in [0.29, 0.717) is 23.4 Å². The minimum atomic E-state index is -3.05. The van der Waals surface area contributed by atoms with E-state index in [1.807, 2.05) is 0 Å². The Kier molecular flexibility index (Phi) is 4.31. The minimum absolute atomic E-state index is 0.0324. The summed E-state index contributed by atoms with van der Waals surface area (Å²) >= 11 is 5.79. The fraction of sp³-hybridized carbons (Fsp3) is 0.500. The molecule has 5 heteroatoms. The van der Waals surface area contributed by atoms with E-state index in [1.54, 1.807) is 24.3 Å². The Hall–Kier alpha value is -0.870. The lowest BCUT2D eigenvalue weighted by molar-refractivity contribution is 0.0891. The molecule has 0 saturated heterocycles. The van der Waals surface area contributed by atoms with E-state index in [0.717, 1.165) is 12.8 Å². The first kappa shape index (κ1) is 14.5. The number of Topliss-reactive ketones (excluding diaryl/α,β-unsaturated/α-hetero) is 1. The van der Waals surface area contributed by atoms with Crippen molar-refractivity contribution in [3.63, 3.8) is 0 Å². The van der Waals surface area contributed by atoms with Crippen LogP contribution in [0.3, 0.4) is 0 Å². The lowest BCUT2D eigenvalue weighted by Gasteiger charge is -2.27. The topological polar surface area (TPSA) is 51.2 Å². The van der Waals surface area contributed by atoms with Gasteiger partial charge in [-0.2, -0.15) is 0 Å². The van der Waals surface area contributed by atoms with Crippen molar-refractivity contribution in [1.29, 1.82) is 0 Å². The maximum absolute atomic E-state index is 12.3. The lowest BCUT2D eigenvalue weighted by Crippen LogP contribution is -2.31. The van der Waals surface area contributed by atoms with Gasteiger partial charge in [0, 0.05) is 22.8 Å². The van der Waals surface area contributed by atoms with E-state index in [-0.39, 0.29) is 17.0 Å². The van der Waals surface area contributed by atoms with Crippen molar-refractivity contribution in [2.75, 3.05) is 6.26 Å². The van der Waals surface area contributed by atoms with Crippen molar-refractivity contribution in [3.8, 4) is 0 Å². The molecule has 2 atom stereocenters. The largest absolute Gasteiger partial charge is 0.294 e. The molecule has 0 bridgehead atoms. The summed E-state index contributed by atoms with van der Waals surface area (Å²) in [5.74, 6) is -0.153. The second kappa shape index (κ2) is 5.63. The first-order chi connectivity index (χ1) is 8.88. The Balaban J connectivity index is 2.13. The Bertz CT molecular complexity index is 563. The summed E-state index contributed by atoms with van der Waals surface area (Å²) in [7, 11) is -3.05. The molecule has 0 N–H and O–H groups in total. The van der Waals surface area contributed by atoms with Crippen LogP contribution in [0.15, 0.2) is 24.3 Å². The Morgan fingerprint density at radius 1 is 1.21 bits per heavy atom. The van der Waals surface area contributed by atoms with Gasteiger partial charge in [-0.25, -0.2) is 8.42 Å². The standard InChI is InChI=1S/C14H17ClO3S/c1-19(17,18)13-4-2-3-11(9-13)14(16)10-5-7-12(15)8-6-10/h5-8,11,13H,2-4,9H2,1H3. The molecule has 1 saturated carbocycles. The van der Waals surface area contributed by atoms with Crippen molar-refractivity contribution in [3.05, 3.63) is 34.9 Å². The van der Waals surface area contributed by atoms with Crippen LogP contribution >= 0.6 is 11.6 Å². The van der Waals surface area contributed by atoms with Gasteiger partial charge in [0.15, 0.2) is 5.78 Å². The summed E-state index contributed by atoms with van der Waals surface area (Å²) in [6, 6.07) is 6.78. The number of halogens is 1. The van der Waals surface area contributed by atoms with Gasteiger partial charge in [-0.1, -0.05) is 18.0 Å². The summed E-state index contributed by atoms with van der Waals surface area (Å²) in [6.45, 7) is 0. The molecule has 1 aromatic carbocycles. The highest BCUT2D eigenvalue weighted by Crippen LogP contribution is 2.31. The van der Waals surface area contributed by atoms with Gasteiger partial charge in [0.1, 0.15) is 9.84 Å². The molecule has 1 aromatic rings. The van der Waals surface area contributed by atoms with Crippen LogP contribution in [0.1, 0.15) is 36.0 Å². The predicted octanol–water partition coefficient (Wildman–Crippen LogP) is 3.13. The summed E-state index contributed by atoms with van der Waals surface area (Å²) in [6.07, 6.45) is 3.94. The fourth-order valence-corrected chi connectivity index (χ4v) is 3.92. The zero-order chi connectivity index (χ0) is 14.0. The summed E-state index contributed by atoms with van der Waals surface area (Å²) < 4.78 is 23.2. The van der Waals surface area contributed by atoms with E-state index in [4.69, 9.17) is 11.6 Å². The zero-order valence-electron chi connectivity index (χ0n) is 10.8. The minimum Gasteiger partial charge on any atom is -0.294 e. The van der Waals surface area contributed by atoms with E-state index in [9.17, 15) is 13.2 Å². The molecule has 0 heterocycles. The van der Waals surface area contributed by atoms with Crippen LogP contribution in [-0.2, 0) is 9.84 Å². The van der Waals surface area contributed by atoms with Gasteiger partial charge in [0.05, 0.1) is 5.25 Å². The normalized spacial score (nSPS) is 24.1. The van der Waals surface area contributed by atoms with E-state index >= 15 is 0 Å². The maximum atomic E-state index is 12.3. The van der Waals surface area contributed by atoms with Crippen LogP contribution < -0.4 is 0 Å². The van der Waals surface area contributed by atoms with Crippen molar-refractivity contribution >= 4 is 27.2 Å². The number of carbonyl (C=O) groups excluding carboxylic acids is 1. The van der Waals surface area contributed by atoms with Crippen LogP contribution in [0.5, 0.6) is 0 Å². The third-order valence-electron chi connectivity index (χ3n) is 3.73. The van der Waals surface area contributed by atoms with Gasteiger partial charge < -0.3 is 0 Å². The number of hydrogen-bond donors (Lipinski definition) is 0. The number of sulfone groups is 1. The summed E-state index contributed by atoms with van der Waals surface area (Å²) in [5, 5.41) is 0.219. The van der Waals surface area contributed by atoms with Gasteiger partial charge in [0.2, 0.25) is 0 Å². The molecule has 0 aromatic heterocycles. The van der Waals surface area contributed by atoms with Gasteiger partial charge in [-0.05, 0) is 43.5 Å². The smallest absolute Gasteiger partial charge is 0.165 e. The Morgan fingerprint density at radius 3 is 2.42 bits per heavy atom. The van der Waals surface area contributed by atoms with Crippen LogP contribution in [-0.4, -0.2) is 25.7 Å². The summed E-state index contributed by atoms with van der Waals surface area (Å²) in [5.41, 5.74) is 0.614. The van der Waals surface area contributed by atoms with Gasteiger partial charge in [-0.3, -0.25) is 4.79 Å². The number of hydrogen-bond acceptors (Lipinski definition) is 3. The third-order valence-corrected chi connectivity index (χ3v) is 5.62. The molecule has 2 rings (SSSR count). The van der Waals surface area contributed by atoms with Gasteiger partial charge >= 0.3 is 0 Å². The van der Waals surface area contributed by atoms with Crippen molar-refractivity contribution in [2.24, 2.45) is 5.92 Å². The zero-order valence-corrected chi connectivity index (χ0v) is 12.4. The van der Waals surface area contributed by atoms with Crippen molar-refractivity contribution in [1.82, 2.24) is 0 Å².